The van der Waals surface area contributed by atoms with Crippen LogP contribution in [-0.4, -0.2) is 12.1 Å². The summed E-state index contributed by atoms with van der Waals surface area (Å²) in [7, 11) is 0. The molecule has 4 aliphatic rings. The van der Waals surface area contributed by atoms with E-state index in [-0.39, 0.29) is 12.1 Å². The summed E-state index contributed by atoms with van der Waals surface area (Å²) in [6, 6.07) is 0. The first-order chi connectivity index (χ1) is 22.7. The van der Waals surface area contributed by atoms with E-state index in [0.29, 0.717) is 17.3 Å². The van der Waals surface area contributed by atoms with Crippen molar-refractivity contribution in [2.24, 2.45) is 46.3 Å². The number of fused-ring (bicyclic) bond motifs is 5. The quantitative estimate of drug-likeness (QED) is 0.0642. The number of rotatable bonds is 18. The maximum atomic E-state index is 12.8. The number of hydrogen-bond acceptors (Lipinski definition) is 2. The monoisotopic (exact) mass is 645 g/mol. The molecule has 264 valence electrons. The van der Waals surface area contributed by atoms with Gasteiger partial charge in [-0.1, -0.05) is 140 Å². The summed E-state index contributed by atoms with van der Waals surface area (Å²) < 4.78 is 6.11. The largest absolute Gasteiger partial charge is 0.462 e. The van der Waals surface area contributed by atoms with Crippen LogP contribution in [0.1, 0.15) is 164 Å². The molecule has 0 amide bonds. The van der Waals surface area contributed by atoms with Gasteiger partial charge in [-0.25, -0.2) is 0 Å². The maximum absolute atomic E-state index is 12.8. The van der Waals surface area contributed by atoms with Crippen molar-refractivity contribution < 1.29 is 9.53 Å². The van der Waals surface area contributed by atoms with E-state index in [1.807, 2.05) is 0 Å². The fourth-order valence-corrected chi connectivity index (χ4v) is 10.7. The minimum absolute atomic E-state index is 0.0368. The number of ether oxygens (including phenoxy) is 1. The van der Waals surface area contributed by atoms with Crippen LogP contribution in [0.5, 0.6) is 0 Å². The molecule has 0 aromatic heterocycles. The van der Waals surface area contributed by atoms with Gasteiger partial charge < -0.3 is 4.74 Å². The molecule has 4 aliphatic carbocycles. The van der Waals surface area contributed by atoms with Crippen molar-refractivity contribution in [1.29, 1.82) is 0 Å². The summed E-state index contributed by atoms with van der Waals surface area (Å²) in [5.74, 6) is 5.26. The fourth-order valence-electron chi connectivity index (χ4n) is 10.7. The van der Waals surface area contributed by atoms with Gasteiger partial charge in [0.05, 0.1) is 0 Å². The predicted molar refractivity (Wildman–Crippen MR) is 202 cm³/mol. The molecule has 0 N–H and O–H groups in total. The lowest BCUT2D eigenvalue weighted by atomic mass is 9.47. The van der Waals surface area contributed by atoms with Crippen LogP contribution in [-0.2, 0) is 9.53 Å². The standard InChI is InChI=1S/C45H72O2/c1-7-8-9-10-11-12-13-14-15-16-17-18-19-20-21-25-43(46)47-38-30-32-44(5)37(34-38)26-27-39-41-29-28-40(36(4)24-22-23-35(2)3)45(41,6)33-31-42(39)44/h8-15,26,35-36,38-42H,7,16-25,27-34H2,1-6H3/b9-8+,11-10+,13-12+,15-14+/t36-,38+,39+,40-,41+,42+,44+,45-/m1/s1. The first-order valence-electron chi connectivity index (χ1n) is 20.2. The molecular weight excluding hydrogens is 572 g/mol. The normalized spacial score (nSPS) is 33.1. The molecule has 8 atom stereocenters. The Hall–Kier alpha value is -1.83. The lowest BCUT2D eigenvalue weighted by Crippen LogP contribution is -2.51. The summed E-state index contributed by atoms with van der Waals surface area (Å²) >= 11 is 0. The van der Waals surface area contributed by atoms with Gasteiger partial charge in [-0.2, -0.15) is 0 Å². The smallest absolute Gasteiger partial charge is 0.306 e. The molecule has 4 rings (SSSR count). The van der Waals surface area contributed by atoms with Gasteiger partial charge in [0.15, 0.2) is 0 Å². The summed E-state index contributed by atoms with van der Waals surface area (Å²) in [5.41, 5.74) is 2.50. The van der Waals surface area contributed by atoms with Gasteiger partial charge in [0.1, 0.15) is 6.10 Å². The average Bonchev–Trinajstić information content (AvgIpc) is 3.40. The van der Waals surface area contributed by atoms with Crippen molar-refractivity contribution in [3.63, 3.8) is 0 Å². The number of allylic oxidation sites excluding steroid dienone is 9. The van der Waals surface area contributed by atoms with E-state index in [1.54, 1.807) is 5.57 Å². The Morgan fingerprint density at radius 2 is 1.55 bits per heavy atom. The van der Waals surface area contributed by atoms with Gasteiger partial charge in [0, 0.05) is 12.8 Å². The number of carbonyl (C=O) groups is 1. The van der Waals surface area contributed by atoms with Gasteiger partial charge in [0.2, 0.25) is 0 Å². The van der Waals surface area contributed by atoms with Crippen molar-refractivity contribution in [1.82, 2.24) is 0 Å². The Balaban J connectivity index is 1.14. The molecule has 0 aromatic carbocycles. The molecule has 3 saturated carbocycles. The topological polar surface area (TPSA) is 26.3 Å². The highest BCUT2D eigenvalue weighted by atomic mass is 16.5. The third-order valence-corrected chi connectivity index (χ3v) is 13.4. The highest BCUT2D eigenvalue weighted by Crippen LogP contribution is 2.67. The molecule has 2 nitrogen and oxygen atoms in total. The second-order valence-electron chi connectivity index (χ2n) is 17.0. The molecule has 0 spiro atoms. The van der Waals surface area contributed by atoms with E-state index in [9.17, 15) is 4.79 Å². The van der Waals surface area contributed by atoms with Crippen molar-refractivity contribution in [3.8, 4) is 0 Å². The lowest BCUT2D eigenvalue weighted by Gasteiger charge is -2.58. The Kier molecular flexibility index (Phi) is 15.2. The summed E-state index contributed by atoms with van der Waals surface area (Å²) in [5, 5.41) is 0. The van der Waals surface area contributed by atoms with Crippen LogP contribution < -0.4 is 0 Å². The van der Waals surface area contributed by atoms with E-state index in [1.165, 1.54) is 77.0 Å². The molecule has 0 unspecified atom stereocenters. The number of unbranched alkanes of at least 4 members (excludes halogenated alkanes) is 5. The second-order valence-corrected chi connectivity index (χ2v) is 17.0. The zero-order chi connectivity index (χ0) is 33.7. The lowest BCUT2D eigenvalue weighted by molar-refractivity contribution is -0.151. The van der Waals surface area contributed by atoms with Crippen molar-refractivity contribution in [3.05, 3.63) is 60.3 Å². The zero-order valence-corrected chi connectivity index (χ0v) is 31.5. The van der Waals surface area contributed by atoms with Gasteiger partial charge >= 0.3 is 5.97 Å². The summed E-state index contributed by atoms with van der Waals surface area (Å²) in [6.07, 6.45) is 42.7. The Labute approximate surface area is 291 Å². The van der Waals surface area contributed by atoms with E-state index in [4.69, 9.17) is 4.74 Å². The maximum Gasteiger partial charge on any atom is 0.306 e. The number of esters is 1. The van der Waals surface area contributed by atoms with Gasteiger partial charge in [-0.3, -0.25) is 4.79 Å². The van der Waals surface area contributed by atoms with E-state index < -0.39 is 0 Å². The Morgan fingerprint density at radius 3 is 2.32 bits per heavy atom. The molecule has 0 saturated heterocycles. The highest BCUT2D eigenvalue weighted by molar-refractivity contribution is 5.69. The third-order valence-electron chi connectivity index (χ3n) is 13.4. The van der Waals surface area contributed by atoms with Crippen molar-refractivity contribution in [2.45, 2.75) is 170 Å². The van der Waals surface area contributed by atoms with Crippen LogP contribution in [0.2, 0.25) is 0 Å². The first-order valence-corrected chi connectivity index (χ1v) is 20.2. The molecular formula is C45H72O2. The van der Waals surface area contributed by atoms with Crippen molar-refractivity contribution in [2.75, 3.05) is 0 Å². The second kappa shape index (κ2) is 18.8. The minimum Gasteiger partial charge on any atom is -0.462 e. The molecule has 0 aliphatic heterocycles. The molecule has 0 aromatic rings. The van der Waals surface area contributed by atoms with Crippen molar-refractivity contribution >= 4 is 5.97 Å². The molecule has 47 heavy (non-hydrogen) atoms. The van der Waals surface area contributed by atoms with Gasteiger partial charge in [0.25, 0.3) is 0 Å². The average molecular weight is 645 g/mol. The van der Waals surface area contributed by atoms with E-state index >= 15 is 0 Å². The number of hydrogen-bond donors (Lipinski definition) is 0. The molecule has 2 heteroatoms. The van der Waals surface area contributed by atoms with Gasteiger partial charge in [-0.05, 0) is 117 Å². The van der Waals surface area contributed by atoms with Crippen LogP contribution in [0, 0.1) is 46.3 Å². The van der Waals surface area contributed by atoms with Crippen LogP contribution in [0.15, 0.2) is 60.3 Å². The summed E-state index contributed by atoms with van der Waals surface area (Å²) in [4.78, 5) is 12.8. The molecule has 3 fully saturated rings. The van der Waals surface area contributed by atoms with Crippen LogP contribution in [0.4, 0.5) is 0 Å². The van der Waals surface area contributed by atoms with Crippen LogP contribution >= 0.6 is 0 Å². The predicted octanol–water partition coefficient (Wildman–Crippen LogP) is 13.3. The highest BCUT2D eigenvalue weighted by Gasteiger charge is 2.59. The van der Waals surface area contributed by atoms with E-state index in [0.717, 1.165) is 74.0 Å². The minimum atomic E-state index is 0.0368. The molecule has 0 radical (unpaired) electrons. The van der Waals surface area contributed by atoms with E-state index in [2.05, 4.69) is 96.2 Å². The summed E-state index contributed by atoms with van der Waals surface area (Å²) in [6.45, 7) is 14.8. The SMILES string of the molecule is CC/C=C/C=C/C=C/C=C/CCCCCCCC(=O)O[C@H]1CC[C@@]2(C)C(=CC[C@H]3[C@@H]4CC[C@H]([C@H](C)CCCC(C)C)[C@@]4(C)CC[C@@H]32)C1. The fraction of sp³-hybridized carbons (Fsp3) is 0.756. The van der Waals surface area contributed by atoms with Gasteiger partial charge in [-0.15, -0.1) is 0 Å². The van der Waals surface area contributed by atoms with Crippen LogP contribution in [0.3, 0.4) is 0 Å². The molecule has 0 heterocycles. The Bertz CT molecular complexity index is 1110. The number of carbonyl (C=O) groups excluding carboxylic acids is 1. The molecule has 0 bridgehead atoms. The zero-order valence-electron chi connectivity index (χ0n) is 31.5. The third kappa shape index (κ3) is 10.3. The Morgan fingerprint density at radius 1 is 0.830 bits per heavy atom. The van der Waals surface area contributed by atoms with Crippen LogP contribution in [0.25, 0.3) is 0 Å². The first kappa shape index (κ1) is 38.0.